The molecule has 0 aromatic carbocycles. The number of furan rings is 1. The maximum atomic E-state index is 12.5. The second kappa shape index (κ2) is 9.14. The minimum atomic E-state index is -0.463. The second-order valence-corrected chi connectivity index (χ2v) is 8.92. The molecule has 11 heteroatoms. The van der Waals surface area contributed by atoms with Crippen molar-refractivity contribution in [2.45, 2.75) is 32.5 Å². The molecule has 0 aliphatic heterocycles. The number of aryl methyl sites for hydroxylation is 1. The molecule has 0 spiro atoms. The van der Waals surface area contributed by atoms with Crippen molar-refractivity contribution in [1.82, 2.24) is 14.8 Å². The zero-order valence-electron chi connectivity index (χ0n) is 16.2. The van der Waals surface area contributed by atoms with Crippen LogP contribution in [0, 0.1) is 13.8 Å². The number of hydrogen-bond donors (Lipinski definition) is 1. The van der Waals surface area contributed by atoms with Crippen LogP contribution >= 0.6 is 39.0 Å². The number of carbonyl (C=O) groups is 2. The van der Waals surface area contributed by atoms with Crippen molar-refractivity contribution < 1.29 is 18.7 Å². The fraction of sp³-hybridized carbons (Fsp3) is 0.333. The van der Waals surface area contributed by atoms with Crippen LogP contribution in [0.25, 0.3) is 11.6 Å². The Labute approximate surface area is 184 Å². The average Bonchev–Trinajstić information content (AvgIpc) is 3.37. The molecule has 3 heterocycles. The minimum absolute atomic E-state index is 0.122. The molecule has 0 unspecified atom stereocenters. The van der Waals surface area contributed by atoms with Gasteiger partial charge in [-0.3, -0.25) is 9.36 Å². The van der Waals surface area contributed by atoms with Crippen molar-refractivity contribution in [2.24, 2.45) is 0 Å². The number of amides is 1. The van der Waals surface area contributed by atoms with Crippen molar-refractivity contribution in [3.63, 3.8) is 0 Å². The van der Waals surface area contributed by atoms with Gasteiger partial charge in [-0.2, -0.15) is 0 Å². The molecule has 3 aromatic rings. The summed E-state index contributed by atoms with van der Waals surface area (Å²) in [6, 6.07) is 3.59. The number of halogens is 1. The van der Waals surface area contributed by atoms with Gasteiger partial charge in [0.05, 0.1) is 18.4 Å². The van der Waals surface area contributed by atoms with E-state index in [1.54, 1.807) is 12.1 Å². The molecule has 154 valence electrons. The molecule has 29 heavy (non-hydrogen) atoms. The number of ether oxygens (including phenoxy) is 1. The van der Waals surface area contributed by atoms with E-state index >= 15 is 0 Å². The number of aromatic nitrogens is 3. The van der Waals surface area contributed by atoms with Crippen LogP contribution in [-0.4, -0.2) is 39.5 Å². The normalized spacial score (nSPS) is 10.9. The van der Waals surface area contributed by atoms with Gasteiger partial charge in [-0.05, 0) is 54.4 Å². The number of hydrogen-bond acceptors (Lipinski definition) is 8. The average molecular weight is 499 g/mol. The van der Waals surface area contributed by atoms with Crippen molar-refractivity contribution in [3.05, 3.63) is 32.8 Å². The summed E-state index contributed by atoms with van der Waals surface area (Å²) < 4.78 is 12.9. The lowest BCUT2D eigenvalue weighted by atomic mass is 10.1. The number of rotatable bonds is 7. The van der Waals surface area contributed by atoms with Crippen molar-refractivity contribution in [1.29, 1.82) is 0 Å². The van der Waals surface area contributed by atoms with Gasteiger partial charge < -0.3 is 14.5 Å². The number of anilines is 1. The van der Waals surface area contributed by atoms with E-state index in [4.69, 9.17) is 9.15 Å². The minimum Gasteiger partial charge on any atom is -0.465 e. The van der Waals surface area contributed by atoms with Gasteiger partial charge in [0.1, 0.15) is 5.00 Å². The molecule has 0 fully saturated rings. The van der Waals surface area contributed by atoms with E-state index in [0.29, 0.717) is 38.5 Å². The largest absolute Gasteiger partial charge is 0.465 e. The number of nitrogens with zero attached hydrogens (tertiary/aromatic N) is 3. The maximum absolute atomic E-state index is 12.5. The lowest BCUT2D eigenvalue weighted by Gasteiger charge is -2.07. The molecule has 0 aliphatic carbocycles. The first-order valence-electron chi connectivity index (χ1n) is 8.65. The summed E-state index contributed by atoms with van der Waals surface area (Å²) in [7, 11) is 1.32. The van der Waals surface area contributed by atoms with Gasteiger partial charge >= 0.3 is 5.97 Å². The SMILES string of the molecule is CCn1c(SCC(=O)Nc2sc(C)c(C)c2C(=O)OC)nnc1-c1ccc(Br)o1. The summed E-state index contributed by atoms with van der Waals surface area (Å²) in [4.78, 5) is 25.5. The van der Waals surface area contributed by atoms with Crippen LogP contribution < -0.4 is 5.32 Å². The van der Waals surface area contributed by atoms with Gasteiger partial charge in [-0.15, -0.1) is 21.5 Å². The van der Waals surface area contributed by atoms with E-state index in [0.717, 1.165) is 10.4 Å². The van der Waals surface area contributed by atoms with Gasteiger partial charge in [-0.25, -0.2) is 4.79 Å². The van der Waals surface area contributed by atoms with E-state index in [1.807, 2.05) is 25.3 Å². The monoisotopic (exact) mass is 498 g/mol. The molecule has 8 nitrogen and oxygen atoms in total. The third-order valence-corrected chi connectivity index (χ3v) is 6.70. The number of carbonyl (C=O) groups excluding carboxylic acids is 2. The highest BCUT2D eigenvalue weighted by Crippen LogP contribution is 2.33. The van der Waals surface area contributed by atoms with Gasteiger partial charge in [-0.1, -0.05) is 11.8 Å². The third-order valence-electron chi connectivity index (χ3n) is 4.19. The molecular formula is C18H19BrN4O4S2. The molecule has 1 amide bonds. The first kappa shape index (κ1) is 21.6. The Morgan fingerprint density at radius 1 is 1.34 bits per heavy atom. The summed E-state index contributed by atoms with van der Waals surface area (Å²) in [5.74, 6) is 0.605. The van der Waals surface area contributed by atoms with Crippen LogP contribution in [0.1, 0.15) is 27.7 Å². The summed E-state index contributed by atoms with van der Waals surface area (Å²) in [5, 5.41) is 12.3. The molecule has 0 bridgehead atoms. The fourth-order valence-corrected chi connectivity index (χ4v) is 4.83. The van der Waals surface area contributed by atoms with Crippen LogP contribution in [0.15, 0.2) is 26.4 Å². The Bertz CT molecular complexity index is 1060. The summed E-state index contributed by atoms with van der Waals surface area (Å²) in [5.41, 5.74) is 1.21. The Kier molecular flexibility index (Phi) is 6.81. The first-order chi connectivity index (χ1) is 13.8. The Morgan fingerprint density at radius 3 is 2.72 bits per heavy atom. The zero-order chi connectivity index (χ0) is 21.1. The van der Waals surface area contributed by atoms with E-state index in [9.17, 15) is 9.59 Å². The predicted molar refractivity (Wildman–Crippen MR) is 116 cm³/mol. The molecular weight excluding hydrogens is 480 g/mol. The molecule has 0 saturated carbocycles. The summed E-state index contributed by atoms with van der Waals surface area (Å²) >= 11 is 5.90. The van der Waals surface area contributed by atoms with Crippen molar-refractivity contribution in [2.75, 3.05) is 18.2 Å². The zero-order valence-corrected chi connectivity index (χ0v) is 19.5. The van der Waals surface area contributed by atoms with E-state index in [-0.39, 0.29) is 11.7 Å². The van der Waals surface area contributed by atoms with E-state index < -0.39 is 5.97 Å². The highest BCUT2D eigenvalue weighted by molar-refractivity contribution is 9.10. The van der Waals surface area contributed by atoms with Crippen LogP contribution in [0.4, 0.5) is 5.00 Å². The fourth-order valence-electron chi connectivity index (χ4n) is 2.65. The third kappa shape index (κ3) is 4.57. The van der Waals surface area contributed by atoms with E-state index in [2.05, 4.69) is 31.4 Å². The molecule has 0 atom stereocenters. The smallest absolute Gasteiger partial charge is 0.341 e. The summed E-state index contributed by atoms with van der Waals surface area (Å²) in [6.07, 6.45) is 0. The highest BCUT2D eigenvalue weighted by Gasteiger charge is 2.22. The molecule has 0 radical (unpaired) electrons. The number of nitrogens with one attached hydrogen (secondary N) is 1. The number of thiophene rings is 1. The Balaban J connectivity index is 1.72. The van der Waals surface area contributed by atoms with Gasteiger partial charge in [0, 0.05) is 11.4 Å². The predicted octanol–water partition coefficient (Wildman–Crippen LogP) is 4.52. The molecule has 0 saturated heterocycles. The quantitative estimate of drug-likeness (QED) is 0.377. The molecule has 0 aliphatic rings. The van der Waals surface area contributed by atoms with Crippen LogP contribution in [0.2, 0.25) is 0 Å². The van der Waals surface area contributed by atoms with Gasteiger partial charge in [0.2, 0.25) is 11.7 Å². The molecule has 1 N–H and O–H groups in total. The first-order valence-corrected chi connectivity index (χ1v) is 11.2. The van der Waals surface area contributed by atoms with Gasteiger partial charge in [0.15, 0.2) is 15.6 Å². The lowest BCUT2D eigenvalue weighted by Crippen LogP contribution is -2.16. The van der Waals surface area contributed by atoms with Crippen molar-refractivity contribution in [3.8, 4) is 11.6 Å². The summed E-state index contributed by atoms with van der Waals surface area (Å²) in [6.45, 7) is 6.32. The van der Waals surface area contributed by atoms with Crippen molar-refractivity contribution >= 4 is 55.9 Å². The molecule has 3 aromatic heterocycles. The second-order valence-electron chi connectivity index (χ2n) is 5.97. The van der Waals surface area contributed by atoms with Crippen LogP contribution in [0.3, 0.4) is 0 Å². The number of methoxy groups -OCH3 is 1. The highest BCUT2D eigenvalue weighted by atomic mass is 79.9. The Hall–Kier alpha value is -2.11. The topological polar surface area (TPSA) is 99.2 Å². The van der Waals surface area contributed by atoms with Crippen LogP contribution in [-0.2, 0) is 16.1 Å². The van der Waals surface area contributed by atoms with Crippen LogP contribution in [0.5, 0.6) is 0 Å². The molecule has 3 rings (SSSR count). The van der Waals surface area contributed by atoms with E-state index in [1.165, 1.54) is 30.2 Å². The van der Waals surface area contributed by atoms with Gasteiger partial charge in [0.25, 0.3) is 0 Å². The number of esters is 1. The maximum Gasteiger partial charge on any atom is 0.341 e. The number of thioether (sulfide) groups is 1. The standard InChI is InChI=1S/C18H19BrN4O4S2/c1-5-23-15(11-6-7-12(19)27-11)21-22-18(23)28-8-13(24)20-16-14(17(25)26-4)9(2)10(3)29-16/h6-7H,5,8H2,1-4H3,(H,20,24). The lowest BCUT2D eigenvalue weighted by molar-refractivity contribution is -0.113. The Morgan fingerprint density at radius 2 is 2.10 bits per heavy atom.